The van der Waals surface area contributed by atoms with E-state index in [9.17, 15) is 14.7 Å². The third-order valence-electron chi connectivity index (χ3n) is 5.17. The zero-order chi connectivity index (χ0) is 16.4. The summed E-state index contributed by atoms with van der Waals surface area (Å²) in [6.45, 7) is 5.02. The molecule has 0 radical (unpaired) electrons. The van der Waals surface area contributed by atoms with E-state index in [4.69, 9.17) is 4.52 Å². The predicted molar refractivity (Wildman–Crippen MR) is 82.0 cm³/mol. The van der Waals surface area contributed by atoms with Crippen LogP contribution in [0.2, 0.25) is 0 Å². The molecule has 126 valence electrons. The van der Waals surface area contributed by atoms with Crippen molar-refractivity contribution in [3.05, 3.63) is 18.0 Å². The number of carboxylic acids is 1. The van der Waals surface area contributed by atoms with Crippen LogP contribution in [-0.2, 0) is 4.79 Å². The molecule has 0 aromatic carbocycles. The second-order valence-electron chi connectivity index (χ2n) is 6.71. The van der Waals surface area contributed by atoms with Gasteiger partial charge in [0, 0.05) is 25.7 Å². The summed E-state index contributed by atoms with van der Waals surface area (Å²) >= 11 is 0. The Morgan fingerprint density at radius 1 is 1.43 bits per heavy atom. The maximum absolute atomic E-state index is 12.3. The molecule has 1 N–H and O–H groups in total. The molecule has 0 bridgehead atoms. The van der Waals surface area contributed by atoms with E-state index in [1.54, 1.807) is 11.0 Å². The van der Waals surface area contributed by atoms with Crippen LogP contribution in [0, 0.1) is 5.41 Å². The van der Waals surface area contributed by atoms with Crippen LogP contribution in [0.3, 0.4) is 0 Å². The summed E-state index contributed by atoms with van der Waals surface area (Å²) < 4.78 is 4.73. The van der Waals surface area contributed by atoms with Gasteiger partial charge in [0.2, 0.25) is 0 Å². The molecule has 3 rings (SSSR count). The minimum atomic E-state index is -0.726. The van der Waals surface area contributed by atoms with E-state index in [1.165, 1.54) is 6.26 Å². The van der Waals surface area contributed by atoms with E-state index in [1.807, 2.05) is 0 Å². The lowest BCUT2D eigenvalue weighted by Gasteiger charge is -2.39. The highest BCUT2D eigenvalue weighted by molar-refractivity contribution is 5.92. The second kappa shape index (κ2) is 6.31. The van der Waals surface area contributed by atoms with Crippen LogP contribution in [0.1, 0.15) is 43.1 Å². The lowest BCUT2D eigenvalue weighted by molar-refractivity contribution is -0.142. The summed E-state index contributed by atoms with van der Waals surface area (Å²) in [6.07, 6.45) is 4.74. The first kappa shape index (κ1) is 16.0. The first-order valence-corrected chi connectivity index (χ1v) is 8.21. The molecule has 2 aliphatic heterocycles. The first-order chi connectivity index (χ1) is 11.0. The normalized spacial score (nSPS) is 24.2. The Labute approximate surface area is 135 Å². The molecule has 3 heterocycles. The first-order valence-electron chi connectivity index (χ1n) is 8.21. The highest BCUT2D eigenvalue weighted by Gasteiger charge is 2.48. The predicted octanol–water partition coefficient (Wildman–Crippen LogP) is 1.47. The van der Waals surface area contributed by atoms with Gasteiger partial charge in [-0.25, -0.2) is 0 Å². The molecule has 1 aromatic heterocycles. The fourth-order valence-electron chi connectivity index (χ4n) is 3.94. The number of nitrogens with zero attached hydrogens (tertiary/aromatic N) is 3. The summed E-state index contributed by atoms with van der Waals surface area (Å²) in [6, 6.07) is 1.19. The number of piperidine rings is 1. The lowest BCUT2D eigenvalue weighted by atomic mass is 9.76. The SMILES string of the molecule is CCCN1CC2(CCN(C(=O)c3ccon3)CC2)C[C@@H]1C(=O)O. The van der Waals surface area contributed by atoms with E-state index in [-0.39, 0.29) is 17.4 Å². The molecule has 2 aliphatic rings. The van der Waals surface area contributed by atoms with Gasteiger partial charge in [-0.3, -0.25) is 14.5 Å². The Hall–Kier alpha value is -1.89. The largest absolute Gasteiger partial charge is 0.480 e. The number of aromatic nitrogens is 1. The quantitative estimate of drug-likeness (QED) is 0.903. The Kier molecular flexibility index (Phi) is 4.39. The van der Waals surface area contributed by atoms with Crippen molar-refractivity contribution < 1.29 is 19.2 Å². The number of hydrogen-bond donors (Lipinski definition) is 1. The van der Waals surface area contributed by atoms with Gasteiger partial charge in [0.15, 0.2) is 5.69 Å². The van der Waals surface area contributed by atoms with E-state index < -0.39 is 5.97 Å². The van der Waals surface area contributed by atoms with Crippen LogP contribution in [0.15, 0.2) is 16.9 Å². The fraction of sp³-hybridized carbons (Fsp3) is 0.688. The monoisotopic (exact) mass is 321 g/mol. The van der Waals surface area contributed by atoms with Crippen LogP contribution in [0.5, 0.6) is 0 Å². The molecule has 2 fully saturated rings. The molecule has 0 unspecified atom stereocenters. The number of rotatable bonds is 4. The zero-order valence-corrected chi connectivity index (χ0v) is 13.4. The third-order valence-corrected chi connectivity index (χ3v) is 5.17. The van der Waals surface area contributed by atoms with Crippen molar-refractivity contribution in [2.75, 3.05) is 26.2 Å². The average molecular weight is 321 g/mol. The standard InChI is InChI=1S/C16H23N3O4/c1-2-6-19-11-16(10-13(19)15(21)22)4-7-18(8-5-16)14(20)12-3-9-23-17-12/h3,9,13H,2,4-8,10-11H2,1H3,(H,21,22)/t13-/m1/s1. The number of carbonyl (C=O) groups is 2. The number of aliphatic carboxylic acids is 1. The second-order valence-corrected chi connectivity index (χ2v) is 6.71. The topological polar surface area (TPSA) is 86.9 Å². The molecule has 1 atom stereocenters. The van der Waals surface area contributed by atoms with Crippen LogP contribution in [-0.4, -0.2) is 64.2 Å². The lowest BCUT2D eigenvalue weighted by Crippen LogP contribution is -2.44. The van der Waals surface area contributed by atoms with Crippen LogP contribution < -0.4 is 0 Å². The number of amides is 1. The van der Waals surface area contributed by atoms with Gasteiger partial charge in [-0.05, 0) is 37.6 Å². The van der Waals surface area contributed by atoms with E-state index in [0.29, 0.717) is 25.2 Å². The number of carbonyl (C=O) groups excluding carboxylic acids is 1. The maximum atomic E-state index is 12.3. The van der Waals surface area contributed by atoms with Crippen molar-refractivity contribution in [3.63, 3.8) is 0 Å². The van der Waals surface area contributed by atoms with Crippen molar-refractivity contribution in [2.45, 2.75) is 38.6 Å². The minimum absolute atomic E-state index is 0.0266. The van der Waals surface area contributed by atoms with E-state index >= 15 is 0 Å². The number of hydrogen-bond acceptors (Lipinski definition) is 5. The van der Waals surface area contributed by atoms with Gasteiger partial charge in [-0.15, -0.1) is 0 Å². The highest BCUT2D eigenvalue weighted by atomic mass is 16.5. The van der Waals surface area contributed by atoms with E-state index in [0.717, 1.165) is 32.4 Å². The van der Waals surface area contributed by atoms with Crippen molar-refractivity contribution >= 4 is 11.9 Å². The highest BCUT2D eigenvalue weighted by Crippen LogP contribution is 2.43. The van der Waals surface area contributed by atoms with Gasteiger partial charge in [-0.2, -0.15) is 0 Å². The molecule has 1 amide bonds. The Bertz CT molecular complexity index is 564. The maximum Gasteiger partial charge on any atom is 0.320 e. The Morgan fingerprint density at radius 3 is 2.74 bits per heavy atom. The molecular weight excluding hydrogens is 298 g/mol. The summed E-state index contributed by atoms with van der Waals surface area (Å²) in [5, 5.41) is 13.2. The molecule has 23 heavy (non-hydrogen) atoms. The molecule has 1 spiro atoms. The summed E-state index contributed by atoms with van der Waals surface area (Å²) in [5.74, 6) is -0.830. The van der Waals surface area contributed by atoms with Gasteiger partial charge in [-0.1, -0.05) is 12.1 Å². The summed E-state index contributed by atoms with van der Waals surface area (Å²) in [4.78, 5) is 27.7. The smallest absolute Gasteiger partial charge is 0.320 e. The molecular formula is C16H23N3O4. The van der Waals surface area contributed by atoms with Gasteiger partial charge >= 0.3 is 5.97 Å². The van der Waals surface area contributed by atoms with Gasteiger partial charge in [0.1, 0.15) is 12.3 Å². The summed E-state index contributed by atoms with van der Waals surface area (Å²) in [7, 11) is 0. The van der Waals surface area contributed by atoms with Gasteiger partial charge in [0.05, 0.1) is 0 Å². The molecule has 7 heteroatoms. The van der Waals surface area contributed by atoms with Crippen molar-refractivity contribution in [3.8, 4) is 0 Å². The zero-order valence-electron chi connectivity index (χ0n) is 13.4. The molecule has 7 nitrogen and oxygen atoms in total. The van der Waals surface area contributed by atoms with Crippen molar-refractivity contribution in [1.82, 2.24) is 15.0 Å². The van der Waals surface area contributed by atoms with Gasteiger partial charge < -0.3 is 14.5 Å². The van der Waals surface area contributed by atoms with E-state index in [2.05, 4.69) is 17.0 Å². The molecule has 1 aromatic rings. The molecule has 0 aliphatic carbocycles. The minimum Gasteiger partial charge on any atom is -0.480 e. The fourth-order valence-corrected chi connectivity index (χ4v) is 3.94. The Morgan fingerprint density at radius 2 is 2.17 bits per heavy atom. The van der Waals surface area contributed by atoms with Crippen molar-refractivity contribution in [1.29, 1.82) is 0 Å². The summed E-state index contributed by atoms with van der Waals surface area (Å²) in [5.41, 5.74) is 0.363. The molecule has 2 saturated heterocycles. The van der Waals surface area contributed by atoms with Crippen molar-refractivity contribution in [2.24, 2.45) is 5.41 Å². The van der Waals surface area contributed by atoms with Crippen LogP contribution in [0.4, 0.5) is 0 Å². The number of likely N-dealkylation sites (tertiary alicyclic amines) is 2. The molecule has 0 saturated carbocycles. The van der Waals surface area contributed by atoms with Crippen LogP contribution >= 0.6 is 0 Å². The van der Waals surface area contributed by atoms with Crippen LogP contribution in [0.25, 0.3) is 0 Å². The number of carboxylic acid groups (broad SMARTS) is 1. The third kappa shape index (κ3) is 3.10. The average Bonchev–Trinajstić information content (AvgIpc) is 3.17. The van der Waals surface area contributed by atoms with Gasteiger partial charge in [0.25, 0.3) is 5.91 Å². The Balaban J connectivity index is 1.64.